The van der Waals surface area contributed by atoms with Gasteiger partial charge in [-0.2, -0.15) is 11.8 Å². The average Bonchev–Trinajstić information content (AvgIpc) is 2.45. The summed E-state index contributed by atoms with van der Waals surface area (Å²) in [5.74, 6) is 3.35. The molecule has 3 heteroatoms. The molecule has 0 aromatic rings. The third-order valence-electron chi connectivity index (χ3n) is 5.58. The van der Waals surface area contributed by atoms with E-state index in [1.165, 1.54) is 43.6 Å². The summed E-state index contributed by atoms with van der Waals surface area (Å²) in [5, 5.41) is 3.80. The van der Waals surface area contributed by atoms with Gasteiger partial charge in [-0.25, -0.2) is 0 Å². The normalized spacial score (nSPS) is 28.5. The Morgan fingerprint density at radius 2 is 2.00 bits per heavy atom. The highest BCUT2D eigenvalue weighted by atomic mass is 32.2. The zero-order valence-corrected chi connectivity index (χ0v) is 14.7. The molecule has 0 aromatic carbocycles. The third kappa shape index (κ3) is 3.72. The zero-order valence-electron chi connectivity index (χ0n) is 13.8. The molecule has 2 rings (SSSR count). The average molecular weight is 300 g/mol. The van der Waals surface area contributed by atoms with Crippen LogP contribution in [0.15, 0.2) is 0 Å². The van der Waals surface area contributed by atoms with Crippen LogP contribution in [0.1, 0.15) is 59.8 Å². The molecule has 118 valence electrons. The molecule has 2 heterocycles. The summed E-state index contributed by atoms with van der Waals surface area (Å²) in [5.41, 5.74) is 0.592. The number of hydrogen-bond acceptors (Lipinski definition) is 3. The van der Waals surface area contributed by atoms with Gasteiger partial charge in [0, 0.05) is 12.6 Å². The van der Waals surface area contributed by atoms with Crippen molar-refractivity contribution < 1.29 is 4.74 Å². The van der Waals surface area contributed by atoms with Gasteiger partial charge in [0.15, 0.2) is 0 Å². The summed E-state index contributed by atoms with van der Waals surface area (Å²) in [6.45, 7) is 11.5. The van der Waals surface area contributed by atoms with Crippen LogP contribution in [0.2, 0.25) is 0 Å². The van der Waals surface area contributed by atoms with Crippen molar-refractivity contribution in [2.75, 3.05) is 24.7 Å². The second kappa shape index (κ2) is 7.02. The van der Waals surface area contributed by atoms with Crippen LogP contribution < -0.4 is 5.32 Å². The van der Waals surface area contributed by atoms with Crippen LogP contribution in [0.25, 0.3) is 0 Å². The van der Waals surface area contributed by atoms with E-state index in [0.717, 1.165) is 19.1 Å². The molecule has 1 spiro atoms. The van der Waals surface area contributed by atoms with E-state index in [1.54, 1.807) is 0 Å². The smallest absolute Gasteiger partial charge is 0.0701 e. The first kappa shape index (κ1) is 16.6. The molecule has 0 saturated carbocycles. The Balaban J connectivity index is 2.08. The molecule has 0 aliphatic carbocycles. The van der Waals surface area contributed by atoms with E-state index in [-0.39, 0.29) is 5.60 Å². The minimum atomic E-state index is 0.214. The molecule has 2 fully saturated rings. The lowest BCUT2D eigenvalue weighted by molar-refractivity contribution is -0.113. The Morgan fingerprint density at radius 1 is 1.30 bits per heavy atom. The van der Waals surface area contributed by atoms with E-state index < -0.39 is 0 Å². The number of hydrogen-bond donors (Lipinski definition) is 1. The first-order valence-electron chi connectivity index (χ1n) is 8.48. The largest absolute Gasteiger partial charge is 0.375 e. The van der Waals surface area contributed by atoms with Crippen molar-refractivity contribution in [3.63, 3.8) is 0 Å². The van der Waals surface area contributed by atoms with E-state index in [1.807, 2.05) is 0 Å². The summed E-state index contributed by atoms with van der Waals surface area (Å²) in [6, 6.07) is 0.632. The highest BCUT2D eigenvalue weighted by molar-refractivity contribution is 7.99. The van der Waals surface area contributed by atoms with Crippen molar-refractivity contribution in [2.24, 2.45) is 11.3 Å². The first-order valence-corrected chi connectivity index (χ1v) is 9.63. The van der Waals surface area contributed by atoms with Gasteiger partial charge < -0.3 is 10.1 Å². The second-order valence-electron chi connectivity index (χ2n) is 7.27. The second-order valence-corrected chi connectivity index (χ2v) is 8.50. The predicted octanol–water partition coefficient (Wildman–Crippen LogP) is 4.09. The molecule has 20 heavy (non-hydrogen) atoms. The van der Waals surface area contributed by atoms with Crippen LogP contribution >= 0.6 is 11.8 Å². The van der Waals surface area contributed by atoms with Crippen molar-refractivity contribution in [1.82, 2.24) is 5.32 Å². The van der Waals surface area contributed by atoms with E-state index in [4.69, 9.17) is 4.74 Å². The van der Waals surface area contributed by atoms with Gasteiger partial charge >= 0.3 is 0 Å². The van der Waals surface area contributed by atoms with Crippen LogP contribution in [0.5, 0.6) is 0 Å². The summed E-state index contributed by atoms with van der Waals surface area (Å²) < 4.78 is 6.27. The topological polar surface area (TPSA) is 21.3 Å². The number of ether oxygens (including phenoxy) is 1. The van der Waals surface area contributed by atoms with Gasteiger partial charge in [-0.1, -0.05) is 27.7 Å². The maximum Gasteiger partial charge on any atom is 0.0701 e. The molecule has 2 nitrogen and oxygen atoms in total. The Bertz CT molecular complexity index is 294. The molecule has 2 aliphatic heterocycles. The summed E-state index contributed by atoms with van der Waals surface area (Å²) in [4.78, 5) is 0. The standard InChI is InChI=1S/C17H33NOS/c1-5-16(3,4)15(18-6-2)14-7-10-19-17(13-14)8-11-20-12-9-17/h14-15,18H,5-13H2,1-4H3. The lowest BCUT2D eigenvalue weighted by atomic mass is 9.69. The SMILES string of the molecule is CCNC(C1CCOC2(CCSCC2)C1)C(C)(C)CC. The summed E-state index contributed by atoms with van der Waals surface area (Å²) >= 11 is 2.10. The minimum Gasteiger partial charge on any atom is -0.375 e. The van der Waals surface area contributed by atoms with Gasteiger partial charge in [0.25, 0.3) is 0 Å². The third-order valence-corrected chi connectivity index (χ3v) is 6.57. The van der Waals surface area contributed by atoms with Crippen LogP contribution in [-0.4, -0.2) is 36.3 Å². The number of nitrogens with one attached hydrogen (secondary N) is 1. The van der Waals surface area contributed by atoms with E-state index in [0.29, 0.717) is 11.5 Å². The zero-order chi connectivity index (χ0) is 14.6. The monoisotopic (exact) mass is 299 g/mol. The van der Waals surface area contributed by atoms with Crippen LogP contribution in [-0.2, 0) is 4.74 Å². The minimum absolute atomic E-state index is 0.214. The van der Waals surface area contributed by atoms with Crippen molar-refractivity contribution in [3.8, 4) is 0 Å². The molecular formula is C17H33NOS. The molecule has 2 unspecified atom stereocenters. The van der Waals surface area contributed by atoms with Gasteiger partial charge in [-0.3, -0.25) is 0 Å². The lowest BCUT2D eigenvalue weighted by Gasteiger charge is -2.48. The van der Waals surface area contributed by atoms with Gasteiger partial charge in [-0.05, 0) is 61.5 Å². The lowest BCUT2D eigenvalue weighted by Crippen LogP contribution is -2.53. The molecule has 2 aliphatic rings. The van der Waals surface area contributed by atoms with E-state index >= 15 is 0 Å². The molecule has 0 bridgehead atoms. The van der Waals surface area contributed by atoms with Crippen molar-refractivity contribution in [2.45, 2.75) is 71.4 Å². The molecule has 0 radical (unpaired) electrons. The van der Waals surface area contributed by atoms with Crippen molar-refractivity contribution >= 4 is 11.8 Å². The van der Waals surface area contributed by atoms with Crippen LogP contribution in [0, 0.1) is 11.3 Å². The molecule has 0 amide bonds. The Kier molecular flexibility index (Phi) is 5.84. The Morgan fingerprint density at radius 3 is 2.60 bits per heavy atom. The quantitative estimate of drug-likeness (QED) is 0.826. The van der Waals surface area contributed by atoms with Crippen LogP contribution in [0.4, 0.5) is 0 Å². The highest BCUT2D eigenvalue weighted by Gasteiger charge is 2.43. The van der Waals surface area contributed by atoms with Gasteiger partial charge in [0.2, 0.25) is 0 Å². The summed E-state index contributed by atoms with van der Waals surface area (Å²) in [6.07, 6.45) is 6.27. The van der Waals surface area contributed by atoms with Gasteiger partial charge in [-0.15, -0.1) is 0 Å². The van der Waals surface area contributed by atoms with Crippen molar-refractivity contribution in [3.05, 3.63) is 0 Å². The summed E-state index contributed by atoms with van der Waals surface area (Å²) in [7, 11) is 0. The van der Waals surface area contributed by atoms with Crippen LogP contribution in [0.3, 0.4) is 0 Å². The number of rotatable bonds is 5. The van der Waals surface area contributed by atoms with Gasteiger partial charge in [0.1, 0.15) is 0 Å². The fourth-order valence-corrected chi connectivity index (χ4v) is 5.20. The Hall–Kier alpha value is 0.270. The highest BCUT2D eigenvalue weighted by Crippen LogP contribution is 2.43. The molecule has 1 N–H and O–H groups in total. The molecular weight excluding hydrogens is 266 g/mol. The maximum absolute atomic E-state index is 6.27. The predicted molar refractivity (Wildman–Crippen MR) is 89.5 cm³/mol. The van der Waals surface area contributed by atoms with E-state index in [9.17, 15) is 0 Å². The molecule has 0 aromatic heterocycles. The Labute approximate surface area is 129 Å². The molecule has 2 atom stereocenters. The van der Waals surface area contributed by atoms with Crippen molar-refractivity contribution in [1.29, 1.82) is 0 Å². The fraction of sp³-hybridized carbons (Fsp3) is 1.00. The molecule has 2 saturated heterocycles. The van der Waals surface area contributed by atoms with E-state index in [2.05, 4.69) is 44.8 Å². The maximum atomic E-state index is 6.27. The first-order chi connectivity index (χ1) is 9.53. The fourth-order valence-electron chi connectivity index (χ4n) is 3.96. The number of thioether (sulfide) groups is 1. The van der Waals surface area contributed by atoms with Gasteiger partial charge in [0.05, 0.1) is 5.60 Å².